The summed E-state index contributed by atoms with van der Waals surface area (Å²) in [7, 11) is 0. The van der Waals surface area contributed by atoms with Gasteiger partial charge in [-0.2, -0.15) is 0 Å². The molecule has 14 heavy (non-hydrogen) atoms. The Bertz CT molecular complexity index is 283. The molecular formula is C9H15ClN2O2. The molecule has 4 nitrogen and oxygen atoms in total. The van der Waals surface area contributed by atoms with Crippen molar-refractivity contribution in [1.82, 2.24) is 9.97 Å². The first kappa shape index (κ1) is 13.0. The first-order valence-electron chi connectivity index (χ1n) is 4.25. The van der Waals surface area contributed by atoms with Crippen LogP contribution in [-0.2, 0) is 14.9 Å². The number of hydrogen-bond acceptors (Lipinski definition) is 3. The largest absolute Gasteiger partial charge is 0.465 e. The summed E-state index contributed by atoms with van der Waals surface area (Å²) in [4.78, 5) is 18.3. The van der Waals surface area contributed by atoms with Crippen molar-refractivity contribution in [3.05, 3.63) is 18.2 Å². The van der Waals surface area contributed by atoms with Crippen LogP contribution < -0.4 is 0 Å². The van der Waals surface area contributed by atoms with E-state index in [1.807, 2.05) is 0 Å². The maximum Gasteiger partial charge on any atom is 0.317 e. The maximum absolute atomic E-state index is 11.5. The van der Waals surface area contributed by atoms with Gasteiger partial charge in [0.25, 0.3) is 0 Å². The zero-order valence-electron chi connectivity index (χ0n) is 8.53. The Balaban J connectivity index is 0.00000169. The molecule has 0 aliphatic carbocycles. The first-order valence-corrected chi connectivity index (χ1v) is 4.25. The number of aromatic nitrogens is 2. The molecule has 80 valence electrons. The Morgan fingerprint density at radius 3 is 2.71 bits per heavy atom. The van der Waals surface area contributed by atoms with Crippen LogP contribution in [0.25, 0.3) is 0 Å². The van der Waals surface area contributed by atoms with Gasteiger partial charge in [-0.1, -0.05) is 0 Å². The van der Waals surface area contributed by atoms with Gasteiger partial charge < -0.3 is 9.72 Å². The van der Waals surface area contributed by atoms with E-state index < -0.39 is 5.41 Å². The lowest BCUT2D eigenvalue weighted by Gasteiger charge is -2.20. The van der Waals surface area contributed by atoms with E-state index in [-0.39, 0.29) is 18.4 Å². The first-order chi connectivity index (χ1) is 6.09. The van der Waals surface area contributed by atoms with Crippen molar-refractivity contribution in [2.24, 2.45) is 0 Å². The number of esters is 1. The van der Waals surface area contributed by atoms with E-state index in [4.69, 9.17) is 4.74 Å². The van der Waals surface area contributed by atoms with E-state index in [9.17, 15) is 4.79 Å². The average molecular weight is 219 g/mol. The zero-order valence-corrected chi connectivity index (χ0v) is 9.35. The SMILES string of the molecule is CCOC(=O)C(C)(C)c1cnc[nH]1.Cl. The highest BCUT2D eigenvalue weighted by atomic mass is 35.5. The molecule has 1 rings (SSSR count). The van der Waals surface area contributed by atoms with Crippen LogP contribution in [-0.4, -0.2) is 22.5 Å². The molecule has 0 atom stereocenters. The summed E-state index contributed by atoms with van der Waals surface area (Å²) in [5.41, 5.74) is 0.123. The summed E-state index contributed by atoms with van der Waals surface area (Å²) in [6.07, 6.45) is 3.19. The van der Waals surface area contributed by atoms with Crippen LogP contribution in [0.5, 0.6) is 0 Å². The van der Waals surface area contributed by atoms with Gasteiger partial charge in [-0.15, -0.1) is 12.4 Å². The van der Waals surface area contributed by atoms with Crippen LogP contribution in [0.4, 0.5) is 0 Å². The van der Waals surface area contributed by atoms with Crippen molar-refractivity contribution in [3.8, 4) is 0 Å². The molecule has 0 bridgehead atoms. The third-order valence-corrected chi connectivity index (χ3v) is 1.96. The highest BCUT2D eigenvalue weighted by Crippen LogP contribution is 2.21. The summed E-state index contributed by atoms with van der Waals surface area (Å²) in [5, 5.41) is 0. The summed E-state index contributed by atoms with van der Waals surface area (Å²) >= 11 is 0. The number of carbonyl (C=O) groups excluding carboxylic acids is 1. The molecule has 0 saturated carbocycles. The number of carbonyl (C=O) groups is 1. The van der Waals surface area contributed by atoms with Gasteiger partial charge in [0.05, 0.1) is 18.6 Å². The Labute approximate surface area is 89.5 Å². The minimum absolute atomic E-state index is 0. The minimum Gasteiger partial charge on any atom is -0.465 e. The van der Waals surface area contributed by atoms with Crippen molar-refractivity contribution >= 4 is 18.4 Å². The van der Waals surface area contributed by atoms with Crippen LogP contribution in [0.2, 0.25) is 0 Å². The van der Waals surface area contributed by atoms with Crippen molar-refractivity contribution < 1.29 is 9.53 Å². The molecule has 0 aromatic carbocycles. The number of nitrogens with one attached hydrogen (secondary N) is 1. The molecule has 0 fully saturated rings. The van der Waals surface area contributed by atoms with Crippen LogP contribution in [0.15, 0.2) is 12.5 Å². The quantitative estimate of drug-likeness (QED) is 0.786. The number of imidazole rings is 1. The lowest BCUT2D eigenvalue weighted by Crippen LogP contribution is -2.31. The summed E-state index contributed by atoms with van der Waals surface area (Å²) < 4.78 is 4.94. The topological polar surface area (TPSA) is 55.0 Å². The third kappa shape index (κ3) is 2.48. The molecule has 0 unspecified atom stereocenters. The van der Waals surface area contributed by atoms with Crippen LogP contribution >= 0.6 is 12.4 Å². The van der Waals surface area contributed by atoms with Crippen LogP contribution in [0.1, 0.15) is 26.5 Å². The lowest BCUT2D eigenvalue weighted by molar-refractivity contribution is -0.148. The van der Waals surface area contributed by atoms with Gasteiger partial charge in [0.15, 0.2) is 0 Å². The average Bonchev–Trinajstić information content (AvgIpc) is 2.56. The van der Waals surface area contributed by atoms with Crippen LogP contribution in [0.3, 0.4) is 0 Å². The zero-order chi connectivity index (χ0) is 9.90. The molecule has 0 aliphatic rings. The Morgan fingerprint density at radius 1 is 1.64 bits per heavy atom. The van der Waals surface area contributed by atoms with Crippen molar-refractivity contribution in [3.63, 3.8) is 0 Å². The van der Waals surface area contributed by atoms with Gasteiger partial charge in [-0.05, 0) is 20.8 Å². The number of nitrogens with zero attached hydrogens (tertiary/aromatic N) is 1. The van der Waals surface area contributed by atoms with Gasteiger partial charge in [-0.25, -0.2) is 4.98 Å². The Morgan fingerprint density at radius 2 is 2.29 bits per heavy atom. The molecule has 0 aliphatic heterocycles. The maximum atomic E-state index is 11.5. The molecule has 5 heteroatoms. The lowest BCUT2D eigenvalue weighted by atomic mass is 9.90. The third-order valence-electron chi connectivity index (χ3n) is 1.96. The standard InChI is InChI=1S/C9H14N2O2.ClH/c1-4-13-8(12)9(2,3)7-5-10-6-11-7;/h5-6H,4H2,1-3H3,(H,10,11);1H. The molecule has 1 aromatic heterocycles. The number of halogens is 1. The molecule has 0 saturated heterocycles. The molecule has 0 radical (unpaired) electrons. The summed E-state index contributed by atoms with van der Waals surface area (Å²) in [6, 6.07) is 0. The highest BCUT2D eigenvalue weighted by Gasteiger charge is 2.32. The number of hydrogen-bond donors (Lipinski definition) is 1. The second-order valence-electron chi connectivity index (χ2n) is 3.31. The highest BCUT2D eigenvalue weighted by molar-refractivity contribution is 5.85. The normalized spacial score (nSPS) is 10.5. The molecule has 1 N–H and O–H groups in total. The number of rotatable bonds is 3. The minimum atomic E-state index is -0.646. The number of aromatic amines is 1. The van der Waals surface area contributed by atoms with E-state index in [0.717, 1.165) is 5.69 Å². The number of H-pyrrole nitrogens is 1. The summed E-state index contributed by atoms with van der Waals surface area (Å²) in [5.74, 6) is -0.237. The van der Waals surface area contributed by atoms with E-state index in [1.165, 1.54) is 0 Å². The second-order valence-corrected chi connectivity index (χ2v) is 3.31. The molecular weight excluding hydrogens is 204 g/mol. The van der Waals surface area contributed by atoms with E-state index in [0.29, 0.717) is 6.61 Å². The number of ether oxygens (including phenoxy) is 1. The fourth-order valence-corrected chi connectivity index (χ4v) is 1.02. The smallest absolute Gasteiger partial charge is 0.317 e. The summed E-state index contributed by atoms with van der Waals surface area (Å²) in [6.45, 7) is 5.80. The predicted molar refractivity (Wildman–Crippen MR) is 55.5 cm³/mol. The second kappa shape index (κ2) is 5.00. The van der Waals surface area contributed by atoms with Gasteiger partial charge in [0.1, 0.15) is 5.41 Å². The molecule has 0 spiro atoms. The van der Waals surface area contributed by atoms with Gasteiger partial charge in [-0.3, -0.25) is 4.79 Å². The fourth-order valence-electron chi connectivity index (χ4n) is 1.02. The van der Waals surface area contributed by atoms with Gasteiger partial charge in [0.2, 0.25) is 0 Å². The van der Waals surface area contributed by atoms with Crippen molar-refractivity contribution in [1.29, 1.82) is 0 Å². The van der Waals surface area contributed by atoms with Crippen molar-refractivity contribution in [2.45, 2.75) is 26.2 Å². The van der Waals surface area contributed by atoms with E-state index in [1.54, 1.807) is 33.3 Å². The fraction of sp³-hybridized carbons (Fsp3) is 0.556. The van der Waals surface area contributed by atoms with E-state index >= 15 is 0 Å². The van der Waals surface area contributed by atoms with Crippen LogP contribution in [0, 0.1) is 0 Å². The molecule has 1 aromatic rings. The van der Waals surface area contributed by atoms with Crippen molar-refractivity contribution in [2.75, 3.05) is 6.61 Å². The predicted octanol–water partition coefficient (Wildman–Crippen LogP) is 1.67. The monoisotopic (exact) mass is 218 g/mol. The Hall–Kier alpha value is -1.03. The van der Waals surface area contributed by atoms with Gasteiger partial charge >= 0.3 is 5.97 Å². The molecule has 0 amide bonds. The Kier molecular flexibility index (Phi) is 4.63. The van der Waals surface area contributed by atoms with Gasteiger partial charge in [0, 0.05) is 6.20 Å². The molecule has 1 heterocycles. The van der Waals surface area contributed by atoms with E-state index in [2.05, 4.69) is 9.97 Å².